The molecular weight excluding hydrogens is 331 g/mol. The molecule has 0 aliphatic heterocycles. The third-order valence-corrected chi connectivity index (χ3v) is 3.70. The predicted octanol–water partition coefficient (Wildman–Crippen LogP) is 2.74. The Morgan fingerprint density at radius 2 is 2.16 bits per heavy atom. The van der Waals surface area contributed by atoms with Gasteiger partial charge < -0.3 is 20.3 Å². The fraction of sp³-hybridized carbons (Fsp3) is 0.375. The molecule has 0 bridgehead atoms. The second kappa shape index (κ2) is 7.29. The van der Waals surface area contributed by atoms with Crippen molar-refractivity contribution in [3.05, 3.63) is 29.8 Å². The van der Waals surface area contributed by atoms with Crippen LogP contribution in [0.2, 0.25) is 0 Å². The van der Waals surface area contributed by atoms with Crippen molar-refractivity contribution in [1.82, 2.24) is 15.5 Å². The van der Waals surface area contributed by atoms with E-state index in [0.29, 0.717) is 29.4 Å². The molecule has 2 amide bonds. The van der Waals surface area contributed by atoms with E-state index in [1.165, 1.54) is 18.2 Å². The van der Waals surface area contributed by atoms with Crippen LogP contribution in [0, 0.1) is 5.82 Å². The van der Waals surface area contributed by atoms with Gasteiger partial charge >= 0.3 is 12.0 Å². The van der Waals surface area contributed by atoms with E-state index in [2.05, 4.69) is 20.8 Å². The number of nitrogens with one attached hydrogen (secondary N) is 2. The summed E-state index contributed by atoms with van der Waals surface area (Å²) in [4.78, 5) is 26.6. The number of carbonyl (C=O) groups excluding carboxylic acids is 1. The fourth-order valence-electron chi connectivity index (χ4n) is 2.26. The van der Waals surface area contributed by atoms with Gasteiger partial charge in [-0.15, -0.1) is 0 Å². The van der Waals surface area contributed by atoms with Gasteiger partial charge in [-0.3, -0.25) is 4.79 Å². The van der Waals surface area contributed by atoms with Crippen LogP contribution in [0.4, 0.5) is 14.9 Å². The number of hydrogen-bond donors (Lipinski definition) is 3. The van der Waals surface area contributed by atoms with Gasteiger partial charge in [0.1, 0.15) is 5.82 Å². The summed E-state index contributed by atoms with van der Waals surface area (Å²) in [6, 6.07) is 3.30. The standard InChI is InChI=1S/C16H17FN4O4/c17-10-5-6-12(19-16(24)18-7-1-2-13(22)23)11(8-10)15-20-14(21-25-15)9-3-4-9/h5-6,8-9H,1-4,7H2,(H,22,23)(H2,18,19,24). The molecule has 132 valence electrons. The van der Waals surface area contributed by atoms with Crippen LogP contribution in [-0.2, 0) is 4.79 Å². The van der Waals surface area contributed by atoms with E-state index in [4.69, 9.17) is 9.63 Å². The summed E-state index contributed by atoms with van der Waals surface area (Å²) in [5, 5.41) is 17.6. The molecule has 25 heavy (non-hydrogen) atoms. The Morgan fingerprint density at radius 3 is 2.88 bits per heavy atom. The van der Waals surface area contributed by atoms with Crippen LogP contribution in [0.25, 0.3) is 11.5 Å². The summed E-state index contributed by atoms with van der Waals surface area (Å²) in [6.07, 6.45) is 2.29. The van der Waals surface area contributed by atoms with E-state index in [9.17, 15) is 14.0 Å². The molecule has 2 aromatic rings. The lowest BCUT2D eigenvalue weighted by Gasteiger charge is -2.10. The molecule has 1 aromatic carbocycles. The van der Waals surface area contributed by atoms with Crippen LogP contribution in [0.15, 0.2) is 22.7 Å². The summed E-state index contributed by atoms with van der Waals surface area (Å²) in [5.41, 5.74) is 0.614. The topological polar surface area (TPSA) is 117 Å². The first-order chi connectivity index (χ1) is 12.0. The number of halogens is 1. The maximum Gasteiger partial charge on any atom is 0.319 e. The molecule has 0 radical (unpaired) electrons. The van der Waals surface area contributed by atoms with Crippen molar-refractivity contribution < 1.29 is 23.6 Å². The number of aliphatic carboxylic acids is 1. The number of urea groups is 1. The zero-order chi connectivity index (χ0) is 17.8. The van der Waals surface area contributed by atoms with E-state index < -0.39 is 17.8 Å². The van der Waals surface area contributed by atoms with Crippen molar-refractivity contribution in [3.63, 3.8) is 0 Å². The highest BCUT2D eigenvalue weighted by Crippen LogP contribution is 2.39. The SMILES string of the molecule is O=C(O)CCCNC(=O)Nc1ccc(F)cc1-c1nc(C2CC2)no1. The largest absolute Gasteiger partial charge is 0.481 e. The number of amides is 2. The Hall–Kier alpha value is -2.97. The van der Waals surface area contributed by atoms with E-state index in [0.717, 1.165) is 12.8 Å². The van der Waals surface area contributed by atoms with Crippen LogP contribution >= 0.6 is 0 Å². The number of carboxylic acids is 1. The maximum atomic E-state index is 13.6. The fourth-order valence-corrected chi connectivity index (χ4v) is 2.26. The summed E-state index contributed by atoms with van der Waals surface area (Å²) < 4.78 is 18.8. The highest BCUT2D eigenvalue weighted by atomic mass is 19.1. The molecule has 9 heteroatoms. The smallest absolute Gasteiger partial charge is 0.319 e. The molecule has 1 heterocycles. The Labute approximate surface area is 142 Å². The minimum absolute atomic E-state index is 0.0337. The highest BCUT2D eigenvalue weighted by Gasteiger charge is 2.29. The molecule has 0 unspecified atom stereocenters. The van der Waals surface area contributed by atoms with Gasteiger partial charge in [-0.25, -0.2) is 9.18 Å². The molecule has 3 N–H and O–H groups in total. The van der Waals surface area contributed by atoms with Crippen LogP contribution < -0.4 is 10.6 Å². The van der Waals surface area contributed by atoms with Gasteiger partial charge in [0, 0.05) is 18.9 Å². The number of hydrogen-bond acceptors (Lipinski definition) is 5. The van der Waals surface area contributed by atoms with Gasteiger partial charge in [-0.05, 0) is 37.5 Å². The maximum absolute atomic E-state index is 13.6. The van der Waals surface area contributed by atoms with Gasteiger partial charge in [-0.1, -0.05) is 5.16 Å². The van der Waals surface area contributed by atoms with Gasteiger partial charge in [0.15, 0.2) is 5.82 Å². The molecule has 1 aliphatic rings. The third-order valence-electron chi connectivity index (χ3n) is 3.70. The minimum atomic E-state index is -0.925. The number of carboxylic acid groups (broad SMARTS) is 1. The zero-order valence-corrected chi connectivity index (χ0v) is 13.3. The van der Waals surface area contributed by atoms with E-state index in [1.807, 2.05) is 0 Å². The number of anilines is 1. The van der Waals surface area contributed by atoms with Gasteiger partial charge in [-0.2, -0.15) is 4.98 Å². The summed E-state index contributed by atoms with van der Waals surface area (Å²) in [6.45, 7) is 0.209. The van der Waals surface area contributed by atoms with Crippen LogP contribution in [0.5, 0.6) is 0 Å². The van der Waals surface area contributed by atoms with Crippen LogP contribution in [0.3, 0.4) is 0 Å². The number of benzene rings is 1. The molecule has 0 spiro atoms. The molecule has 1 aliphatic carbocycles. The molecule has 3 rings (SSSR count). The number of aromatic nitrogens is 2. The normalized spacial score (nSPS) is 13.5. The van der Waals surface area contributed by atoms with E-state index >= 15 is 0 Å². The molecule has 1 saturated carbocycles. The lowest BCUT2D eigenvalue weighted by atomic mass is 10.1. The average Bonchev–Trinajstić information content (AvgIpc) is 3.30. The van der Waals surface area contributed by atoms with E-state index in [1.54, 1.807) is 0 Å². The molecular formula is C16H17FN4O4. The summed E-state index contributed by atoms with van der Waals surface area (Å²) in [7, 11) is 0. The zero-order valence-electron chi connectivity index (χ0n) is 13.3. The average molecular weight is 348 g/mol. The first-order valence-electron chi connectivity index (χ1n) is 7.93. The number of nitrogens with zero attached hydrogens (tertiary/aromatic N) is 2. The van der Waals surface area contributed by atoms with Crippen molar-refractivity contribution in [1.29, 1.82) is 0 Å². The number of carbonyl (C=O) groups is 2. The highest BCUT2D eigenvalue weighted by molar-refractivity contribution is 5.93. The Balaban J connectivity index is 1.68. The first-order valence-corrected chi connectivity index (χ1v) is 7.93. The second-order valence-electron chi connectivity index (χ2n) is 5.80. The second-order valence-corrected chi connectivity index (χ2v) is 5.80. The van der Waals surface area contributed by atoms with Crippen molar-refractivity contribution in [2.45, 2.75) is 31.6 Å². The Morgan fingerprint density at radius 1 is 1.36 bits per heavy atom. The third kappa shape index (κ3) is 4.52. The molecule has 8 nitrogen and oxygen atoms in total. The lowest BCUT2D eigenvalue weighted by Crippen LogP contribution is -2.30. The summed E-state index contributed by atoms with van der Waals surface area (Å²) in [5.74, 6) is -0.398. The predicted molar refractivity (Wildman–Crippen MR) is 85.6 cm³/mol. The van der Waals surface area contributed by atoms with Gasteiger partial charge in [0.25, 0.3) is 5.89 Å². The molecule has 0 atom stereocenters. The van der Waals surface area contributed by atoms with Crippen LogP contribution in [0.1, 0.15) is 37.4 Å². The Kier molecular flexibility index (Phi) is 4.92. The van der Waals surface area contributed by atoms with Gasteiger partial charge in [0.05, 0.1) is 11.3 Å². The van der Waals surface area contributed by atoms with Crippen molar-refractivity contribution in [2.24, 2.45) is 0 Å². The minimum Gasteiger partial charge on any atom is -0.481 e. The molecule has 1 fully saturated rings. The van der Waals surface area contributed by atoms with Gasteiger partial charge in [0.2, 0.25) is 0 Å². The van der Waals surface area contributed by atoms with E-state index in [-0.39, 0.29) is 18.9 Å². The Bertz CT molecular complexity index is 788. The summed E-state index contributed by atoms with van der Waals surface area (Å²) >= 11 is 0. The molecule has 0 saturated heterocycles. The molecule has 1 aromatic heterocycles. The quantitative estimate of drug-likeness (QED) is 0.662. The first kappa shape index (κ1) is 16.9. The lowest BCUT2D eigenvalue weighted by molar-refractivity contribution is -0.137. The van der Waals surface area contributed by atoms with Crippen molar-refractivity contribution >= 4 is 17.7 Å². The van der Waals surface area contributed by atoms with Crippen molar-refractivity contribution in [2.75, 3.05) is 11.9 Å². The monoisotopic (exact) mass is 348 g/mol. The van der Waals surface area contributed by atoms with Crippen molar-refractivity contribution in [3.8, 4) is 11.5 Å². The van der Waals surface area contributed by atoms with Crippen LogP contribution in [-0.4, -0.2) is 33.8 Å². The number of rotatable bonds is 7.